The van der Waals surface area contributed by atoms with E-state index in [0.717, 1.165) is 11.1 Å². The lowest BCUT2D eigenvalue weighted by Crippen LogP contribution is -2.49. The molecule has 0 amide bonds. The molecule has 0 aliphatic carbocycles. The van der Waals surface area contributed by atoms with E-state index in [1.807, 2.05) is 36.1 Å². The van der Waals surface area contributed by atoms with Crippen molar-refractivity contribution in [3.05, 3.63) is 59.7 Å². The third-order valence-corrected chi connectivity index (χ3v) is 6.74. The summed E-state index contributed by atoms with van der Waals surface area (Å²) in [4.78, 5) is 2.32. The molecule has 2 aromatic carbocycles. The molecular weight excluding hydrogens is 362 g/mol. The van der Waals surface area contributed by atoms with Crippen LogP contribution in [0.25, 0.3) is 0 Å². The molecule has 0 aromatic heterocycles. The van der Waals surface area contributed by atoms with Gasteiger partial charge in [0.1, 0.15) is 11.8 Å². The number of piperazine rings is 1. The molecule has 0 saturated carbocycles. The van der Waals surface area contributed by atoms with Gasteiger partial charge in [-0.3, -0.25) is 4.90 Å². The van der Waals surface area contributed by atoms with Crippen molar-refractivity contribution in [2.45, 2.75) is 17.9 Å². The Bertz CT molecular complexity index is 928. The first-order valence-electron chi connectivity index (χ1n) is 8.80. The van der Waals surface area contributed by atoms with Gasteiger partial charge in [0.15, 0.2) is 0 Å². The van der Waals surface area contributed by atoms with Crippen LogP contribution in [0.3, 0.4) is 0 Å². The number of nitriles is 1. The number of rotatable bonds is 5. The van der Waals surface area contributed by atoms with Crippen LogP contribution in [0.2, 0.25) is 0 Å². The van der Waals surface area contributed by atoms with Crippen molar-refractivity contribution >= 4 is 10.0 Å². The van der Waals surface area contributed by atoms with Gasteiger partial charge < -0.3 is 4.74 Å². The maximum absolute atomic E-state index is 12.8. The molecule has 1 aliphatic rings. The molecule has 0 N–H and O–H groups in total. The second kappa shape index (κ2) is 8.09. The van der Waals surface area contributed by atoms with Gasteiger partial charge in [-0.05, 0) is 36.8 Å². The summed E-state index contributed by atoms with van der Waals surface area (Å²) < 4.78 is 32.4. The first-order chi connectivity index (χ1) is 13.0. The Morgan fingerprint density at radius 3 is 2.33 bits per heavy atom. The van der Waals surface area contributed by atoms with Crippen LogP contribution in [0.5, 0.6) is 5.75 Å². The van der Waals surface area contributed by atoms with E-state index in [1.165, 1.54) is 4.31 Å². The molecule has 1 heterocycles. The summed E-state index contributed by atoms with van der Waals surface area (Å²) >= 11 is 0. The quantitative estimate of drug-likeness (QED) is 0.791. The maximum Gasteiger partial charge on any atom is 0.243 e. The highest BCUT2D eigenvalue weighted by molar-refractivity contribution is 7.89. The van der Waals surface area contributed by atoms with Crippen LogP contribution < -0.4 is 4.74 Å². The lowest BCUT2D eigenvalue weighted by atomic mass is 10.1. The summed E-state index contributed by atoms with van der Waals surface area (Å²) in [6.45, 7) is 3.65. The SMILES string of the molecule is COc1cccc(C(C#N)N2CCN(S(=O)(=O)c3ccc(C)cc3)CC2)c1. The molecule has 1 fully saturated rings. The number of aryl methyl sites for hydroxylation is 1. The number of sulfonamides is 1. The van der Waals surface area contributed by atoms with Crippen LogP contribution in [0.1, 0.15) is 17.2 Å². The van der Waals surface area contributed by atoms with E-state index < -0.39 is 16.1 Å². The van der Waals surface area contributed by atoms with Crippen molar-refractivity contribution in [1.29, 1.82) is 5.26 Å². The fourth-order valence-electron chi connectivity index (χ4n) is 3.24. The fourth-order valence-corrected chi connectivity index (χ4v) is 4.66. The molecule has 0 spiro atoms. The molecule has 0 bridgehead atoms. The average molecular weight is 385 g/mol. The lowest BCUT2D eigenvalue weighted by molar-refractivity contribution is 0.162. The number of hydrogen-bond donors (Lipinski definition) is 0. The summed E-state index contributed by atoms with van der Waals surface area (Å²) in [5.41, 5.74) is 1.88. The van der Waals surface area contributed by atoms with Gasteiger partial charge in [0, 0.05) is 26.2 Å². The van der Waals surface area contributed by atoms with Gasteiger partial charge in [-0.2, -0.15) is 9.57 Å². The first kappa shape index (κ1) is 19.4. The van der Waals surface area contributed by atoms with Crippen molar-refractivity contribution in [3.8, 4) is 11.8 Å². The van der Waals surface area contributed by atoms with Gasteiger partial charge in [-0.1, -0.05) is 29.8 Å². The van der Waals surface area contributed by atoms with E-state index in [0.29, 0.717) is 36.8 Å². The number of hydrogen-bond acceptors (Lipinski definition) is 5. The fraction of sp³-hybridized carbons (Fsp3) is 0.350. The van der Waals surface area contributed by atoms with Gasteiger partial charge in [-0.25, -0.2) is 8.42 Å². The molecule has 27 heavy (non-hydrogen) atoms. The predicted octanol–water partition coefficient (Wildman–Crippen LogP) is 2.57. The minimum Gasteiger partial charge on any atom is -0.497 e. The monoisotopic (exact) mass is 385 g/mol. The molecule has 3 rings (SSSR count). The van der Waals surface area contributed by atoms with Crippen LogP contribution in [-0.4, -0.2) is 50.9 Å². The third kappa shape index (κ3) is 4.14. The van der Waals surface area contributed by atoms with Crippen molar-refractivity contribution in [2.75, 3.05) is 33.3 Å². The molecule has 1 saturated heterocycles. The van der Waals surface area contributed by atoms with Gasteiger partial charge in [0.25, 0.3) is 0 Å². The zero-order chi connectivity index (χ0) is 19.4. The topological polar surface area (TPSA) is 73.6 Å². The normalized spacial score (nSPS) is 17.2. The molecule has 0 radical (unpaired) electrons. The minimum absolute atomic E-state index is 0.311. The number of nitrogens with zero attached hydrogens (tertiary/aromatic N) is 3. The van der Waals surface area contributed by atoms with E-state index in [1.54, 1.807) is 31.4 Å². The summed E-state index contributed by atoms with van der Waals surface area (Å²) in [5.74, 6) is 0.702. The first-order valence-corrected chi connectivity index (χ1v) is 10.2. The highest BCUT2D eigenvalue weighted by Gasteiger charge is 2.31. The van der Waals surface area contributed by atoms with Gasteiger partial charge in [0.2, 0.25) is 10.0 Å². The van der Waals surface area contributed by atoms with E-state index in [2.05, 4.69) is 6.07 Å². The predicted molar refractivity (Wildman–Crippen MR) is 103 cm³/mol. The van der Waals surface area contributed by atoms with Gasteiger partial charge in [-0.15, -0.1) is 0 Å². The molecule has 1 aliphatic heterocycles. The van der Waals surface area contributed by atoms with E-state index in [9.17, 15) is 13.7 Å². The average Bonchev–Trinajstić information content (AvgIpc) is 2.69. The second-order valence-corrected chi connectivity index (χ2v) is 8.50. The summed E-state index contributed by atoms with van der Waals surface area (Å²) in [6.07, 6.45) is 0. The van der Waals surface area contributed by atoms with E-state index in [-0.39, 0.29) is 0 Å². The Morgan fingerprint density at radius 2 is 1.74 bits per heavy atom. The lowest BCUT2D eigenvalue weighted by Gasteiger charge is -2.36. The number of methoxy groups -OCH3 is 1. The van der Waals surface area contributed by atoms with E-state index in [4.69, 9.17) is 4.74 Å². The second-order valence-electron chi connectivity index (χ2n) is 6.56. The number of benzene rings is 2. The largest absolute Gasteiger partial charge is 0.497 e. The molecular formula is C20H23N3O3S. The molecule has 2 aromatic rings. The summed E-state index contributed by atoms with van der Waals surface area (Å²) in [6, 6.07) is 16.2. The zero-order valence-corrected chi connectivity index (χ0v) is 16.3. The molecule has 1 unspecified atom stereocenters. The smallest absolute Gasteiger partial charge is 0.243 e. The molecule has 6 nitrogen and oxygen atoms in total. The maximum atomic E-state index is 12.8. The Kier molecular flexibility index (Phi) is 5.80. The third-order valence-electron chi connectivity index (χ3n) is 4.83. The molecule has 1 atom stereocenters. The highest BCUT2D eigenvalue weighted by atomic mass is 32.2. The summed E-state index contributed by atoms with van der Waals surface area (Å²) in [5, 5.41) is 9.66. The standard InChI is InChI=1S/C20H23N3O3S/c1-16-6-8-19(9-7-16)27(24,25)23-12-10-22(11-13-23)20(15-21)17-4-3-5-18(14-17)26-2/h3-9,14,20H,10-13H2,1-2H3. The number of ether oxygens (including phenoxy) is 1. The zero-order valence-electron chi connectivity index (χ0n) is 15.5. The van der Waals surface area contributed by atoms with Gasteiger partial charge >= 0.3 is 0 Å². The van der Waals surface area contributed by atoms with E-state index >= 15 is 0 Å². The van der Waals surface area contributed by atoms with Crippen LogP contribution in [-0.2, 0) is 10.0 Å². The van der Waals surface area contributed by atoms with Crippen LogP contribution in [0, 0.1) is 18.3 Å². The van der Waals surface area contributed by atoms with Crippen molar-refractivity contribution < 1.29 is 13.2 Å². The van der Waals surface area contributed by atoms with Crippen LogP contribution >= 0.6 is 0 Å². The van der Waals surface area contributed by atoms with Crippen molar-refractivity contribution in [1.82, 2.24) is 9.21 Å². The Morgan fingerprint density at radius 1 is 1.07 bits per heavy atom. The van der Waals surface area contributed by atoms with Crippen molar-refractivity contribution in [3.63, 3.8) is 0 Å². The Hall–Kier alpha value is -2.40. The minimum atomic E-state index is -3.51. The van der Waals surface area contributed by atoms with Crippen LogP contribution in [0.15, 0.2) is 53.4 Å². The van der Waals surface area contributed by atoms with Crippen molar-refractivity contribution in [2.24, 2.45) is 0 Å². The molecule has 7 heteroatoms. The van der Waals surface area contributed by atoms with Gasteiger partial charge in [0.05, 0.1) is 18.1 Å². The summed E-state index contributed by atoms with van der Waals surface area (Å²) in [7, 11) is -1.91. The van der Waals surface area contributed by atoms with Crippen LogP contribution in [0.4, 0.5) is 0 Å². The Labute approximate surface area is 160 Å². The highest BCUT2D eigenvalue weighted by Crippen LogP contribution is 2.26. The Balaban J connectivity index is 1.72. The molecule has 142 valence electrons.